The van der Waals surface area contributed by atoms with Crippen LogP contribution in [-0.4, -0.2) is 50.7 Å². The van der Waals surface area contributed by atoms with Crippen LogP contribution in [0.15, 0.2) is 28.9 Å². The summed E-state index contributed by atoms with van der Waals surface area (Å²) < 4.78 is 21.7. The van der Waals surface area contributed by atoms with Crippen molar-refractivity contribution in [3.63, 3.8) is 0 Å². The number of carbonyl (C=O) groups is 1. The van der Waals surface area contributed by atoms with Gasteiger partial charge in [0.25, 0.3) is 0 Å². The van der Waals surface area contributed by atoms with Crippen molar-refractivity contribution in [1.29, 1.82) is 0 Å². The zero-order valence-electron chi connectivity index (χ0n) is 15.0. The predicted molar refractivity (Wildman–Crippen MR) is 108 cm³/mol. The Bertz CT molecular complexity index is 872. The van der Waals surface area contributed by atoms with E-state index < -0.39 is 21.8 Å². The van der Waals surface area contributed by atoms with Gasteiger partial charge in [0.2, 0.25) is 0 Å². The fraction of sp³-hybridized carbons (Fsp3) is 0.471. The Morgan fingerprint density at radius 1 is 1.27 bits per heavy atom. The van der Waals surface area contributed by atoms with Crippen molar-refractivity contribution in [2.75, 3.05) is 29.5 Å². The smallest absolute Gasteiger partial charge is 0.418 e. The Hall–Kier alpha value is -1.74. The number of carbonyl (C=O) groups excluding carboxylic acids is 1. The van der Waals surface area contributed by atoms with Crippen molar-refractivity contribution < 1.29 is 13.7 Å². The van der Waals surface area contributed by atoms with Gasteiger partial charge in [-0.05, 0) is 65.0 Å². The Kier molecular flexibility index (Phi) is 5.21. The van der Waals surface area contributed by atoms with E-state index in [9.17, 15) is 9.00 Å². The van der Waals surface area contributed by atoms with Gasteiger partial charge in [-0.15, -0.1) is 5.10 Å². The van der Waals surface area contributed by atoms with Crippen molar-refractivity contribution >= 4 is 48.7 Å². The summed E-state index contributed by atoms with van der Waals surface area (Å²) in [4.78, 5) is 14.1. The molecule has 0 aliphatic carbocycles. The molecule has 1 saturated heterocycles. The van der Waals surface area contributed by atoms with E-state index in [0.717, 1.165) is 21.1 Å². The zero-order valence-corrected chi connectivity index (χ0v) is 17.5. The molecular weight excluding hydrogens is 420 g/mol. The molecule has 0 bridgehead atoms. The second-order valence-electron chi connectivity index (χ2n) is 7.30. The number of anilines is 1. The Morgan fingerprint density at radius 3 is 2.62 bits per heavy atom. The molecule has 0 spiro atoms. The summed E-state index contributed by atoms with van der Waals surface area (Å²) in [6.45, 7) is 6.53. The van der Waals surface area contributed by atoms with E-state index in [1.165, 1.54) is 0 Å². The number of thiol groups is 1. The average Bonchev–Trinajstić information content (AvgIpc) is 2.54. The molecule has 1 aliphatic heterocycles. The number of nitrogens with zero attached hydrogens (tertiary/aromatic N) is 3. The SMILES string of the molecule is CC(C)(C)OC(=O)N[SH]1(=O)CCN(c2ccc(Br)c3nnccc23)CC1. The maximum absolute atomic E-state index is 13.0. The number of hydrogen-bond acceptors (Lipinski definition) is 6. The highest BCUT2D eigenvalue weighted by molar-refractivity contribution is 9.10. The molecule has 1 aromatic heterocycles. The molecule has 2 aromatic rings. The number of halogens is 1. The van der Waals surface area contributed by atoms with E-state index in [-0.39, 0.29) is 0 Å². The molecule has 2 heterocycles. The lowest BCUT2D eigenvalue weighted by Gasteiger charge is -2.37. The minimum absolute atomic E-state index is 0.405. The third-order valence-corrected chi connectivity index (χ3v) is 7.18. The number of amides is 1. The molecule has 142 valence electrons. The Labute approximate surface area is 162 Å². The van der Waals surface area contributed by atoms with E-state index in [1.807, 2.05) is 18.2 Å². The molecule has 1 N–H and O–H groups in total. The predicted octanol–water partition coefficient (Wildman–Crippen LogP) is 2.67. The van der Waals surface area contributed by atoms with Gasteiger partial charge in [-0.2, -0.15) is 5.10 Å². The molecule has 0 atom stereocenters. The van der Waals surface area contributed by atoms with Gasteiger partial charge in [-0.25, -0.2) is 4.79 Å². The second-order valence-corrected chi connectivity index (χ2v) is 11.0. The first-order valence-corrected chi connectivity index (χ1v) is 11.3. The first-order valence-electron chi connectivity index (χ1n) is 8.41. The monoisotopic (exact) mass is 442 g/mol. The van der Waals surface area contributed by atoms with Crippen LogP contribution in [0, 0.1) is 0 Å². The van der Waals surface area contributed by atoms with E-state index in [4.69, 9.17) is 4.74 Å². The van der Waals surface area contributed by atoms with Crippen LogP contribution in [-0.2, 0) is 14.9 Å². The van der Waals surface area contributed by atoms with Crippen molar-refractivity contribution in [3.8, 4) is 0 Å². The average molecular weight is 443 g/mol. The number of fused-ring (bicyclic) bond motifs is 1. The summed E-state index contributed by atoms with van der Waals surface area (Å²) >= 11 is 3.50. The minimum atomic E-state index is -2.79. The molecule has 0 radical (unpaired) electrons. The van der Waals surface area contributed by atoms with Crippen LogP contribution in [0.1, 0.15) is 20.8 Å². The normalized spacial score (nSPS) is 18.4. The number of rotatable bonds is 2. The molecule has 1 fully saturated rings. The standard InChI is InChI=1S/C17H23BrN4O3S/c1-17(2,3)25-16(23)21-26(24)10-8-22(9-11-26)14-5-4-13(18)15-12(14)6-7-19-20-15/h4-7,26H,8-11H2,1-3H3,(H,21,23,24). The molecular formula is C17H23BrN4O3S. The third kappa shape index (κ3) is 4.32. The maximum Gasteiger partial charge on any atom is 0.418 e. The zero-order chi connectivity index (χ0) is 18.9. The van der Waals surface area contributed by atoms with E-state index in [2.05, 4.69) is 35.7 Å². The maximum atomic E-state index is 13.0. The van der Waals surface area contributed by atoms with Crippen LogP contribution < -0.4 is 9.62 Å². The van der Waals surface area contributed by atoms with Gasteiger partial charge in [-0.3, -0.25) is 8.93 Å². The van der Waals surface area contributed by atoms with Gasteiger partial charge in [-0.1, -0.05) is 0 Å². The molecule has 1 amide bonds. The third-order valence-electron chi connectivity index (χ3n) is 4.11. The Morgan fingerprint density at radius 2 is 1.96 bits per heavy atom. The van der Waals surface area contributed by atoms with Crippen molar-refractivity contribution in [1.82, 2.24) is 14.9 Å². The van der Waals surface area contributed by atoms with Crippen LogP contribution in [0.2, 0.25) is 0 Å². The molecule has 0 unspecified atom stereocenters. The molecule has 9 heteroatoms. The molecule has 1 aliphatic rings. The fourth-order valence-corrected chi connectivity index (χ4v) is 5.30. The van der Waals surface area contributed by atoms with Crippen LogP contribution >= 0.6 is 15.9 Å². The number of benzene rings is 1. The van der Waals surface area contributed by atoms with Crippen molar-refractivity contribution in [2.45, 2.75) is 26.4 Å². The van der Waals surface area contributed by atoms with E-state index in [1.54, 1.807) is 27.0 Å². The van der Waals surface area contributed by atoms with Crippen LogP contribution in [0.5, 0.6) is 0 Å². The molecule has 0 saturated carbocycles. The molecule has 3 rings (SSSR count). The number of ether oxygens (including phenoxy) is 1. The van der Waals surface area contributed by atoms with Gasteiger partial charge in [0.15, 0.2) is 0 Å². The molecule has 26 heavy (non-hydrogen) atoms. The lowest BCUT2D eigenvalue weighted by Crippen LogP contribution is -2.52. The summed E-state index contributed by atoms with van der Waals surface area (Å²) in [6, 6.07) is 5.89. The quantitative estimate of drug-likeness (QED) is 0.695. The largest absolute Gasteiger partial charge is 0.443 e. The van der Waals surface area contributed by atoms with Gasteiger partial charge < -0.3 is 9.64 Å². The lowest BCUT2D eigenvalue weighted by molar-refractivity contribution is 0.0571. The molecule has 7 nitrogen and oxygen atoms in total. The van der Waals surface area contributed by atoms with Gasteiger partial charge in [0.1, 0.15) is 11.1 Å². The summed E-state index contributed by atoms with van der Waals surface area (Å²) in [7, 11) is -2.79. The number of hydrogen-bond donors (Lipinski definition) is 2. The highest BCUT2D eigenvalue weighted by Crippen LogP contribution is 2.31. The minimum Gasteiger partial charge on any atom is -0.443 e. The fourth-order valence-electron chi connectivity index (χ4n) is 2.92. The van der Waals surface area contributed by atoms with Gasteiger partial charge >= 0.3 is 6.09 Å². The topological polar surface area (TPSA) is 84.4 Å². The van der Waals surface area contributed by atoms with Crippen LogP contribution in [0.25, 0.3) is 10.9 Å². The summed E-state index contributed by atoms with van der Waals surface area (Å²) in [5.74, 6) is 0.810. The van der Waals surface area contributed by atoms with E-state index >= 15 is 0 Å². The van der Waals surface area contributed by atoms with Crippen LogP contribution in [0.4, 0.5) is 10.5 Å². The second kappa shape index (κ2) is 7.11. The first-order chi connectivity index (χ1) is 12.2. The van der Waals surface area contributed by atoms with Crippen molar-refractivity contribution in [2.24, 2.45) is 0 Å². The Balaban J connectivity index is 1.72. The van der Waals surface area contributed by atoms with E-state index in [0.29, 0.717) is 24.6 Å². The molecule has 1 aromatic carbocycles. The van der Waals surface area contributed by atoms with Gasteiger partial charge in [0.05, 0.1) is 6.20 Å². The first kappa shape index (κ1) is 19.0. The summed E-state index contributed by atoms with van der Waals surface area (Å²) in [5, 5.41) is 9.12. The summed E-state index contributed by atoms with van der Waals surface area (Å²) in [6.07, 6.45) is 1.05. The lowest BCUT2D eigenvalue weighted by atomic mass is 10.1. The summed E-state index contributed by atoms with van der Waals surface area (Å²) in [5.41, 5.74) is 1.22. The van der Waals surface area contributed by atoms with Crippen LogP contribution in [0.3, 0.4) is 0 Å². The number of aromatic nitrogens is 2. The number of nitrogens with one attached hydrogen (secondary N) is 1. The highest BCUT2D eigenvalue weighted by Gasteiger charge is 2.28. The van der Waals surface area contributed by atoms with Gasteiger partial charge in [0, 0.05) is 40.1 Å². The highest BCUT2D eigenvalue weighted by atomic mass is 79.9. The van der Waals surface area contributed by atoms with Crippen molar-refractivity contribution in [3.05, 3.63) is 28.9 Å².